The first-order valence-electron chi connectivity index (χ1n) is 12.2. The highest BCUT2D eigenvalue weighted by Gasteiger charge is 2.69. The number of thioether (sulfide) groups is 1. The van der Waals surface area contributed by atoms with Crippen LogP contribution in [-0.2, 0) is 14.4 Å². The van der Waals surface area contributed by atoms with Crippen molar-refractivity contribution in [1.82, 2.24) is 9.88 Å². The van der Waals surface area contributed by atoms with Gasteiger partial charge in [0.1, 0.15) is 0 Å². The molecule has 6 rings (SSSR count). The van der Waals surface area contributed by atoms with Crippen LogP contribution in [0.1, 0.15) is 42.5 Å². The number of amides is 2. The third-order valence-corrected chi connectivity index (χ3v) is 10.8. The molecule has 2 aliphatic carbocycles. The average molecular weight is 531 g/mol. The van der Waals surface area contributed by atoms with Crippen molar-refractivity contribution in [2.45, 2.75) is 42.4 Å². The summed E-state index contributed by atoms with van der Waals surface area (Å²) in [7, 11) is 0. The van der Waals surface area contributed by atoms with Gasteiger partial charge in [0.25, 0.3) is 0 Å². The van der Waals surface area contributed by atoms with Crippen LogP contribution < -0.4 is 9.61 Å². The number of aromatic hydroxyl groups is 1. The minimum atomic E-state index is -0.944. The third-order valence-electron chi connectivity index (χ3n) is 8.23. The molecule has 1 saturated heterocycles. The van der Waals surface area contributed by atoms with E-state index in [9.17, 15) is 24.3 Å². The lowest BCUT2D eigenvalue weighted by Crippen LogP contribution is -2.42. The molecule has 2 aromatic rings. The van der Waals surface area contributed by atoms with Crippen molar-refractivity contribution in [3.8, 4) is 11.5 Å². The predicted octanol–water partition coefficient (Wildman–Crippen LogP) is 2.88. The van der Waals surface area contributed by atoms with Gasteiger partial charge in [0, 0.05) is 29.0 Å². The van der Waals surface area contributed by atoms with Crippen LogP contribution in [0.15, 0.2) is 28.0 Å². The Hall–Kier alpha value is -2.79. The molecule has 0 unspecified atom stereocenters. The molecule has 2 saturated carbocycles. The number of imide groups is 1. The Labute approximate surface area is 214 Å². The van der Waals surface area contributed by atoms with Crippen LogP contribution in [0.4, 0.5) is 0 Å². The topological polar surface area (TPSA) is 137 Å². The maximum atomic E-state index is 13.5. The molecule has 3 fully saturated rings. The summed E-state index contributed by atoms with van der Waals surface area (Å²) in [4.78, 5) is 55.2. The van der Waals surface area contributed by atoms with E-state index in [2.05, 4.69) is 4.98 Å². The van der Waals surface area contributed by atoms with Crippen molar-refractivity contribution in [2.75, 3.05) is 13.2 Å². The molecule has 0 spiro atoms. The van der Waals surface area contributed by atoms with Crippen molar-refractivity contribution in [2.24, 2.45) is 29.6 Å². The number of fused-ring (bicyclic) bond motifs is 9. The van der Waals surface area contributed by atoms with E-state index in [0.29, 0.717) is 12.4 Å². The largest absolute Gasteiger partial charge is 0.504 e. The van der Waals surface area contributed by atoms with Gasteiger partial charge in [0.15, 0.2) is 11.5 Å². The van der Waals surface area contributed by atoms with E-state index in [-0.39, 0.29) is 76.7 Å². The van der Waals surface area contributed by atoms with Crippen molar-refractivity contribution >= 4 is 40.9 Å². The molecule has 0 radical (unpaired) electrons. The third kappa shape index (κ3) is 3.42. The van der Waals surface area contributed by atoms with Crippen molar-refractivity contribution in [1.29, 1.82) is 0 Å². The summed E-state index contributed by atoms with van der Waals surface area (Å²) in [6.07, 6.45) is 0.946. The highest BCUT2D eigenvalue weighted by atomic mass is 32.2. The number of aromatic amines is 1. The second kappa shape index (κ2) is 8.65. The number of carboxylic acids is 1. The Balaban J connectivity index is 1.38. The van der Waals surface area contributed by atoms with Gasteiger partial charge in [0.2, 0.25) is 11.8 Å². The number of hydrogen-bond acceptors (Lipinski definition) is 8. The number of aromatic nitrogens is 1. The smallest absolute Gasteiger partial charge is 0.305 e. The molecule has 1 aromatic heterocycles. The fourth-order valence-electron chi connectivity index (χ4n) is 7.06. The van der Waals surface area contributed by atoms with Gasteiger partial charge in [-0.3, -0.25) is 24.1 Å². The Bertz CT molecular complexity index is 1320. The number of hydrogen-bond donors (Lipinski definition) is 3. The minimum absolute atomic E-state index is 0.0125. The number of thiazole rings is 1. The lowest BCUT2D eigenvalue weighted by atomic mass is 9.68. The van der Waals surface area contributed by atoms with E-state index >= 15 is 0 Å². The molecule has 9 nitrogen and oxygen atoms in total. The summed E-state index contributed by atoms with van der Waals surface area (Å²) < 4.78 is 5.63. The van der Waals surface area contributed by atoms with Crippen LogP contribution >= 0.6 is 23.1 Å². The van der Waals surface area contributed by atoms with Gasteiger partial charge in [-0.2, -0.15) is 0 Å². The Morgan fingerprint density at radius 2 is 1.94 bits per heavy atom. The van der Waals surface area contributed by atoms with Gasteiger partial charge in [-0.25, -0.2) is 0 Å². The summed E-state index contributed by atoms with van der Waals surface area (Å²) >= 11 is 2.80. The number of phenols is 1. The van der Waals surface area contributed by atoms with Crippen LogP contribution in [0.3, 0.4) is 0 Å². The van der Waals surface area contributed by atoms with E-state index in [1.165, 1.54) is 16.2 Å². The van der Waals surface area contributed by atoms with Crippen LogP contribution in [-0.4, -0.2) is 56.3 Å². The monoisotopic (exact) mass is 530 g/mol. The molecular weight excluding hydrogens is 504 g/mol. The summed E-state index contributed by atoms with van der Waals surface area (Å²) in [5.41, 5.74) is 0.919. The number of H-pyrrole nitrogens is 1. The zero-order valence-corrected chi connectivity index (χ0v) is 21.1. The van der Waals surface area contributed by atoms with E-state index < -0.39 is 11.9 Å². The van der Waals surface area contributed by atoms with E-state index in [1.807, 2.05) is 19.1 Å². The molecule has 1 aromatic carbocycles. The van der Waals surface area contributed by atoms with E-state index in [1.54, 1.807) is 17.8 Å². The predicted molar refractivity (Wildman–Crippen MR) is 131 cm³/mol. The lowest BCUT2D eigenvalue weighted by molar-refractivity contribution is -0.142. The molecule has 190 valence electrons. The second-order valence-corrected chi connectivity index (χ2v) is 12.1. The van der Waals surface area contributed by atoms with E-state index in [4.69, 9.17) is 9.84 Å². The number of phenolic OH excluding ortho intramolecular Hbond substituents is 1. The van der Waals surface area contributed by atoms with Crippen LogP contribution in [0.25, 0.3) is 0 Å². The van der Waals surface area contributed by atoms with Gasteiger partial charge >= 0.3 is 10.8 Å². The summed E-state index contributed by atoms with van der Waals surface area (Å²) in [5, 5.41) is 20.1. The number of benzene rings is 1. The first kappa shape index (κ1) is 23.6. The highest BCUT2D eigenvalue weighted by Crippen LogP contribution is 2.68. The number of rotatable bonds is 7. The van der Waals surface area contributed by atoms with Gasteiger partial charge in [-0.05, 0) is 55.2 Å². The molecule has 7 atom stereocenters. The summed E-state index contributed by atoms with van der Waals surface area (Å²) in [6.45, 7) is 2.38. The van der Waals surface area contributed by atoms with Crippen LogP contribution in [0.5, 0.6) is 11.5 Å². The van der Waals surface area contributed by atoms with Crippen molar-refractivity contribution in [3.63, 3.8) is 0 Å². The number of aliphatic carboxylic acids is 1. The quantitative estimate of drug-likeness (QED) is 0.465. The number of ether oxygens (including phenoxy) is 1. The molecule has 3 heterocycles. The molecule has 4 aliphatic rings. The van der Waals surface area contributed by atoms with Crippen molar-refractivity contribution < 1.29 is 29.3 Å². The van der Waals surface area contributed by atoms with E-state index in [0.717, 1.165) is 21.9 Å². The summed E-state index contributed by atoms with van der Waals surface area (Å²) in [6, 6.07) is 5.29. The number of carboxylic acid groups (broad SMARTS) is 1. The standard InChI is InChI=1S/C25H26N2O7S2/c1-2-34-14-8-10(5-6-13(14)28)16-17-11-9-12(20(17)35-22-21(16)36-25(33)26-22)19-18(11)23(31)27(24(19)32)7-3-4-15(29)30/h5-6,8,11-12,16-20,28H,2-4,7,9H2,1H3,(H,26,33)(H,29,30)/t11-,12+,16-,17+,18-,19+,20-/m1/s1. The molecule has 2 amide bonds. The number of nitrogens with one attached hydrogen (secondary N) is 1. The molecular formula is C25H26N2O7S2. The number of carbonyl (C=O) groups excluding carboxylic acids is 2. The van der Waals surface area contributed by atoms with Crippen molar-refractivity contribution in [3.05, 3.63) is 38.3 Å². The zero-order chi connectivity index (χ0) is 25.3. The zero-order valence-electron chi connectivity index (χ0n) is 19.5. The summed E-state index contributed by atoms with van der Waals surface area (Å²) in [5.74, 6) is -1.77. The Morgan fingerprint density at radius 3 is 2.67 bits per heavy atom. The number of nitrogens with zero attached hydrogens (tertiary/aromatic N) is 1. The number of likely N-dealkylation sites (tertiary alicyclic amines) is 1. The Morgan fingerprint density at radius 1 is 1.19 bits per heavy atom. The van der Waals surface area contributed by atoms with Gasteiger partial charge in [0.05, 0.1) is 23.5 Å². The van der Waals surface area contributed by atoms with Crippen LogP contribution in [0.2, 0.25) is 0 Å². The molecule has 11 heteroatoms. The van der Waals surface area contributed by atoms with Gasteiger partial charge in [-0.1, -0.05) is 17.4 Å². The number of carbonyl (C=O) groups is 3. The maximum Gasteiger partial charge on any atom is 0.305 e. The fourth-order valence-corrected chi connectivity index (χ4v) is 9.94. The molecule has 2 aliphatic heterocycles. The normalized spacial score (nSPS) is 31.9. The maximum absolute atomic E-state index is 13.5. The van der Waals surface area contributed by atoms with Gasteiger partial charge in [-0.15, -0.1) is 11.8 Å². The van der Waals surface area contributed by atoms with Crippen LogP contribution in [0, 0.1) is 29.6 Å². The molecule has 2 bridgehead atoms. The second-order valence-electron chi connectivity index (χ2n) is 9.95. The average Bonchev–Trinajstić information content (AvgIpc) is 3.56. The lowest BCUT2D eigenvalue weighted by Gasteiger charge is -2.43. The van der Waals surface area contributed by atoms with Gasteiger partial charge < -0.3 is 19.9 Å². The Kier molecular flexibility index (Phi) is 5.67. The SMILES string of the molecule is CCOc1cc([C@H]2c3sc(=O)[nH]c3S[C@@H]3[C@H]4C[C@@H]([C@H]5C(=O)N(CCCC(=O)O)C(=O)[C@@H]45)[C@@H]23)ccc1O. The molecule has 36 heavy (non-hydrogen) atoms. The fraction of sp³-hybridized carbons (Fsp3) is 0.520. The first-order chi connectivity index (χ1) is 17.3. The molecule has 3 N–H and O–H groups in total. The first-order valence-corrected chi connectivity index (χ1v) is 13.9. The minimum Gasteiger partial charge on any atom is -0.504 e. The highest BCUT2D eigenvalue weighted by molar-refractivity contribution is 8.00.